The molecule has 0 atom stereocenters. The maximum atomic E-state index is 11.1. The van der Waals surface area contributed by atoms with Crippen LogP contribution in [0.15, 0.2) is 0 Å². The molecule has 4 N–H and O–H groups in total. The molecule has 0 aliphatic heterocycles. The molecule has 0 aromatic rings. The molecule has 0 spiro atoms. The summed E-state index contributed by atoms with van der Waals surface area (Å²) in [6.45, 7) is 12.7. The number of nitrogens with one attached hydrogen (secondary N) is 2. The van der Waals surface area contributed by atoms with Crippen molar-refractivity contribution in [2.45, 2.75) is 79.2 Å². The molecule has 2 amide bonds. The van der Waals surface area contributed by atoms with Crippen LogP contribution in [0.4, 0.5) is 4.79 Å². The van der Waals surface area contributed by atoms with Crippen molar-refractivity contribution in [1.82, 2.24) is 10.6 Å². The van der Waals surface area contributed by atoms with E-state index in [4.69, 9.17) is 10.5 Å². The molecule has 0 aromatic heterocycles. The highest BCUT2D eigenvalue weighted by molar-refractivity contribution is 5.75. The van der Waals surface area contributed by atoms with Crippen molar-refractivity contribution in [3.05, 3.63) is 0 Å². The van der Waals surface area contributed by atoms with Crippen molar-refractivity contribution >= 4 is 12.0 Å². The van der Waals surface area contributed by atoms with Gasteiger partial charge in [0.05, 0.1) is 6.54 Å². The van der Waals surface area contributed by atoms with Crippen LogP contribution in [0.2, 0.25) is 0 Å². The standard InChI is InChI=1S/C9H19N3O3.C7H14.C2H6/c1-9(2,3)15-8(14)12-5-4-11-6-7(10)13;1-7-5-3-2-4-6-7;1-2/h11H,4-6H2,1-3H3,(H2,10,13)(H,12,14);7H,2-6H2,1H3;1-2H3. The third-order valence-electron chi connectivity index (χ3n) is 3.16. The topological polar surface area (TPSA) is 93.4 Å². The molecule has 0 bridgehead atoms. The minimum atomic E-state index is -0.495. The van der Waals surface area contributed by atoms with Crippen molar-refractivity contribution in [1.29, 1.82) is 0 Å². The van der Waals surface area contributed by atoms with Gasteiger partial charge in [-0.05, 0) is 26.7 Å². The van der Waals surface area contributed by atoms with Gasteiger partial charge in [0.25, 0.3) is 0 Å². The average Bonchev–Trinajstić information content (AvgIpc) is 2.48. The lowest BCUT2D eigenvalue weighted by Crippen LogP contribution is -2.38. The predicted octanol–water partition coefficient (Wildman–Crippen LogP) is 3.20. The second-order valence-corrected chi connectivity index (χ2v) is 6.81. The molecular weight excluding hydrogens is 306 g/mol. The number of hydrogen-bond donors (Lipinski definition) is 3. The minimum absolute atomic E-state index is 0.107. The van der Waals surface area contributed by atoms with Crippen LogP contribution in [0.1, 0.15) is 73.6 Å². The van der Waals surface area contributed by atoms with Gasteiger partial charge in [-0.3, -0.25) is 4.79 Å². The van der Waals surface area contributed by atoms with Crippen LogP contribution in [-0.2, 0) is 9.53 Å². The van der Waals surface area contributed by atoms with Crippen LogP contribution in [-0.4, -0.2) is 37.2 Å². The zero-order chi connectivity index (χ0) is 19.0. The van der Waals surface area contributed by atoms with Crippen LogP contribution in [0.25, 0.3) is 0 Å². The highest BCUT2D eigenvalue weighted by Crippen LogP contribution is 2.22. The monoisotopic (exact) mass is 345 g/mol. The number of alkyl carbamates (subject to hydrolysis) is 1. The van der Waals surface area contributed by atoms with Gasteiger partial charge in [0.1, 0.15) is 5.60 Å². The van der Waals surface area contributed by atoms with Crippen molar-refractivity contribution < 1.29 is 14.3 Å². The molecule has 144 valence electrons. The molecule has 0 heterocycles. The first-order chi connectivity index (χ1) is 11.2. The van der Waals surface area contributed by atoms with Gasteiger partial charge in [0.15, 0.2) is 0 Å². The lowest BCUT2D eigenvalue weighted by atomic mass is 9.91. The van der Waals surface area contributed by atoms with E-state index in [0.717, 1.165) is 5.92 Å². The Balaban J connectivity index is 0. The van der Waals surface area contributed by atoms with Crippen LogP contribution in [0, 0.1) is 5.92 Å². The smallest absolute Gasteiger partial charge is 0.407 e. The molecular formula is C18H39N3O3. The second kappa shape index (κ2) is 15.2. The summed E-state index contributed by atoms with van der Waals surface area (Å²) in [5.74, 6) is 0.612. The molecule has 1 rings (SSSR count). The van der Waals surface area contributed by atoms with Gasteiger partial charge in [-0.2, -0.15) is 0 Å². The Morgan fingerprint density at radius 1 is 1.08 bits per heavy atom. The average molecular weight is 346 g/mol. The van der Waals surface area contributed by atoms with Gasteiger partial charge in [0, 0.05) is 13.1 Å². The van der Waals surface area contributed by atoms with E-state index in [2.05, 4.69) is 17.6 Å². The normalized spacial score (nSPS) is 14.4. The first-order valence-electron chi connectivity index (χ1n) is 9.16. The van der Waals surface area contributed by atoms with Crippen molar-refractivity contribution in [3.63, 3.8) is 0 Å². The van der Waals surface area contributed by atoms with E-state index in [1.165, 1.54) is 32.1 Å². The SMILES string of the molecule is CC.CC(C)(C)OC(=O)NCCNCC(N)=O.CC1CCCCC1. The van der Waals surface area contributed by atoms with E-state index in [9.17, 15) is 9.59 Å². The molecule has 1 fully saturated rings. The van der Waals surface area contributed by atoms with E-state index in [1.807, 2.05) is 13.8 Å². The summed E-state index contributed by atoms with van der Waals surface area (Å²) in [6.07, 6.45) is 6.97. The lowest BCUT2D eigenvalue weighted by Gasteiger charge is -2.19. The molecule has 1 saturated carbocycles. The summed E-state index contributed by atoms with van der Waals surface area (Å²) < 4.78 is 5.00. The third kappa shape index (κ3) is 20.7. The van der Waals surface area contributed by atoms with Crippen molar-refractivity contribution in [2.75, 3.05) is 19.6 Å². The molecule has 1 aliphatic carbocycles. The third-order valence-corrected chi connectivity index (χ3v) is 3.16. The number of rotatable bonds is 5. The Labute approximate surface area is 148 Å². The highest BCUT2D eigenvalue weighted by Gasteiger charge is 2.15. The molecule has 0 aromatic carbocycles. The van der Waals surface area contributed by atoms with Crippen molar-refractivity contribution in [3.8, 4) is 0 Å². The quantitative estimate of drug-likeness (QED) is 0.667. The summed E-state index contributed by atoms with van der Waals surface area (Å²) in [4.78, 5) is 21.4. The first kappa shape index (κ1) is 24.9. The largest absolute Gasteiger partial charge is 0.444 e. The number of carbonyl (C=O) groups excluding carboxylic acids is 2. The number of nitrogens with two attached hydrogens (primary N) is 1. The van der Waals surface area contributed by atoms with Gasteiger partial charge in [-0.1, -0.05) is 52.9 Å². The van der Waals surface area contributed by atoms with E-state index in [0.29, 0.717) is 13.1 Å². The fourth-order valence-electron chi connectivity index (χ4n) is 2.09. The fourth-order valence-corrected chi connectivity index (χ4v) is 2.09. The second-order valence-electron chi connectivity index (χ2n) is 6.81. The summed E-state index contributed by atoms with van der Waals surface area (Å²) in [5.41, 5.74) is 4.41. The number of amides is 2. The molecule has 6 nitrogen and oxygen atoms in total. The van der Waals surface area contributed by atoms with E-state index in [1.54, 1.807) is 20.8 Å². The Morgan fingerprint density at radius 3 is 2.00 bits per heavy atom. The van der Waals surface area contributed by atoms with Gasteiger partial charge in [0.2, 0.25) is 5.91 Å². The van der Waals surface area contributed by atoms with Crippen molar-refractivity contribution in [2.24, 2.45) is 11.7 Å². The summed E-state index contributed by atoms with van der Waals surface area (Å²) in [5, 5.41) is 5.30. The summed E-state index contributed by atoms with van der Waals surface area (Å²) in [6, 6.07) is 0. The summed E-state index contributed by atoms with van der Waals surface area (Å²) >= 11 is 0. The van der Waals surface area contributed by atoms with Crippen LogP contribution < -0.4 is 16.4 Å². The molecule has 0 saturated heterocycles. The van der Waals surface area contributed by atoms with Gasteiger partial charge >= 0.3 is 6.09 Å². The molecule has 6 heteroatoms. The van der Waals surface area contributed by atoms with Crippen LogP contribution in [0.5, 0.6) is 0 Å². The fraction of sp³-hybridized carbons (Fsp3) is 0.889. The maximum Gasteiger partial charge on any atom is 0.407 e. The van der Waals surface area contributed by atoms with Gasteiger partial charge < -0.3 is 21.1 Å². The zero-order valence-electron chi connectivity index (χ0n) is 16.5. The van der Waals surface area contributed by atoms with Crippen LogP contribution in [0.3, 0.4) is 0 Å². The van der Waals surface area contributed by atoms with Crippen LogP contribution >= 0.6 is 0 Å². The number of ether oxygens (including phenoxy) is 1. The summed E-state index contributed by atoms with van der Waals surface area (Å²) in [7, 11) is 0. The van der Waals surface area contributed by atoms with E-state index in [-0.39, 0.29) is 6.54 Å². The zero-order valence-corrected chi connectivity index (χ0v) is 16.5. The lowest BCUT2D eigenvalue weighted by molar-refractivity contribution is -0.117. The number of primary amides is 1. The molecule has 24 heavy (non-hydrogen) atoms. The first-order valence-corrected chi connectivity index (χ1v) is 9.16. The molecule has 0 radical (unpaired) electrons. The number of hydrogen-bond acceptors (Lipinski definition) is 4. The molecule has 0 unspecified atom stereocenters. The maximum absolute atomic E-state index is 11.1. The van der Waals surface area contributed by atoms with Gasteiger partial charge in [-0.15, -0.1) is 0 Å². The highest BCUT2D eigenvalue weighted by atomic mass is 16.6. The van der Waals surface area contributed by atoms with E-state index >= 15 is 0 Å². The Hall–Kier alpha value is -1.30. The Morgan fingerprint density at radius 2 is 1.62 bits per heavy atom. The van der Waals surface area contributed by atoms with E-state index < -0.39 is 17.6 Å². The Kier molecular flexibility index (Phi) is 15.8. The Bertz CT molecular complexity index is 322. The minimum Gasteiger partial charge on any atom is -0.444 e. The number of carbonyl (C=O) groups is 2. The van der Waals surface area contributed by atoms with Gasteiger partial charge in [-0.25, -0.2) is 4.79 Å². The molecule has 1 aliphatic rings. The predicted molar refractivity (Wildman–Crippen MR) is 99.9 cm³/mol.